The summed E-state index contributed by atoms with van der Waals surface area (Å²) in [4.78, 5) is 16.8. The molecule has 0 spiro atoms. The van der Waals surface area contributed by atoms with Crippen molar-refractivity contribution in [2.75, 3.05) is 31.1 Å². The predicted octanol–water partition coefficient (Wildman–Crippen LogP) is 4.61. The van der Waals surface area contributed by atoms with Gasteiger partial charge in [0.15, 0.2) is 11.5 Å². The van der Waals surface area contributed by atoms with Crippen molar-refractivity contribution in [3.05, 3.63) is 70.3 Å². The summed E-state index contributed by atoms with van der Waals surface area (Å²) in [6.45, 7) is 2.78. The average molecular weight is 402 g/mol. The summed E-state index contributed by atoms with van der Waals surface area (Å²) < 4.78 is 5.34. The maximum Gasteiger partial charge on any atom is 0.276 e. The third-order valence-electron chi connectivity index (χ3n) is 4.62. The number of aromatic nitrogens is 1. The molecule has 0 unspecified atom stereocenters. The minimum Gasteiger partial charge on any atom is -0.368 e. The summed E-state index contributed by atoms with van der Waals surface area (Å²) in [5.74, 6) is 0.435. The van der Waals surface area contributed by atoms with Gasteiger partial charge in [0.25, 0.3) is 5.91 Å². The van der Waals surface area contributed by atoms with Crippen molar-refractivity contribution in [1.82, 2.24) is 10.1 Å². The minimum absolute atomic E-state index is 0.116. The second-order valence-electron chi connectivity index (χ2n) is 6.34. The molecule has 1 saturated heterocycles. The lowest BCUT2D eigenvalue weighted by molar-refractivity contribution is 0.0736. The zero-order valence-corrected chi connectivity index (χ0v) is 16.0. The van der Waals surface area contributed by atoms with Crippen molar-refractivity contribution in [2.45, 2.75) is 0 Å². The Morgan fingerprint density at radius 2 is 1.48 bits per heavy atom. The summed E-state index contributed by atoms with van der Waals surface area (Å²) in [7, 11) is 0. The highest BCUT2D eigenvalue weighted by atomic mass is 35.5. The predicted molar refractivity (Wildman–Crippen MR) is 107 cm³/mol. The largest absolute Gasteiger partial charge is 0.368 e. The van der Waals surface area contributed by atoms with Crippen LogP contribution in [0.5, 0.6) is 0 Å². The summed E-state index contributed by atoms with van der Waals surface area (Å²) in [6, 6.07) is 16.6. The lowest BCUT2D eigenvalue weighted by Crippen LogP contribution is -2.48. The molecular weight excluding hydrogens is 385 g/mol. The Kier molecular flexibility index (Phi) is 5.05. The number of nitrogens with zero attached hydrogens (tertiary/aromatic N) is 3. The van der Waals surface area contributed by atoms with Crippen molar-refractivity contribution < 1.29 is 9.32 Å². The van der Waals surface area contributed by atoms with Crippen LogP contribution in [0, 0.1) is 0 Å². The zero-order valence-electron chi connectivity index (χ0n) is 14.4. The van der Waals surface area contributed by atoms with Gasteiger partial charge in [-0.3, -0.25) is 4.79 Å². The normalized spacial score (nSPS) is 14.4. The maximum atomic E-state index is 12.7. The molecule has 0 atom stereocenters. The van der Waals surface area contributed by atoms with Crippen LogP contribution in [0.3, 0.4) is 0 Å². The van der Waals surface area contributed by atoms with Gasteiger partial charge in [0.05, 0.1) is 0 Å². The molecule has 27 heavy (non-hydrogen) atoms. The van der Waals surface area contributed by atoms with Gasteiger partial charge in [-0.25, -0.2) is 0 Å². The monoisotopic (exact) mass is 401 g/mol. The van der Waals surface area contributed by atoms with E-state index >= 15 is 0 Å². The first-order valence-corrected chi connectivity index (χ1v) is 9.38. The first-order chi connectivity index (χ1) is 13.1. The number of benzene rings is 2. The lowest BCUT2D eigenvalue weighted by Gasteiger charge is -2.35. The molecule has 1 aromatic heterocycles. The van der Waals surface area contributed by atoms with Crippen molar-refractivity contribution in [3.63, 3.8) is 0 Å². The Bertz CT molecular complexity index is 931. The van der Waals surface area contributed by atoms with Gasteiger partial charge in [0, 0.05) is 53.5 Å². The van der Waals surface area contributed by atoms with Crippen LogP contribution >= 0.6 is 23.2 Å². The van der Waals surface area contributed by atoms with Crippen LogP contribution < -0.4 is 4.90 Å². The number of anilines is 1. The van der Waals surface area contributed by atoms with Gasteiger partial charge >= 0.3 is 0 Å². The fourth-order valence-electron chi connectivity index (χ4n) is 3.11. The Balaban J connectivity index is 1.41. The molecule has 1 aliphatic rings. The van der Waals surface area contributed by atoms with E-state index in [9.17, 15) is 4.79 Å². The van der Waals surface area contributed by atoms with E-state index in [1.54, 1.807) is 23.1 Å². The third kappa shape index (κ3) is 3.94. The van der Waals surface area contributed by atoms with Gasteiger partial charge in [-0.2, -0.15) is 0 Å². The van der Waals surface area contributed by atoms with Crippen molar-refractivity contribution in [3.8, 4) is 11.3 Å². The van der Waals surface area contributed by atoms with Crippen molar-refractivity contribution in [2.24, 2.45) is 0 Å². The van der Waals surface area contributed by atoms with Crippen molar-refractivity contribution >= 4 is 34.8 Å². The molecule has 2 aromatic carbocycles. The lowest BCUT2D eigenvalue weighted by atomic mass is 10.1. The van der Waals surface area contributed by atoms with E-state index in [0.29, 0.717) is 29.6 Å². The van der Waals surface area contributed by atoms with Crippen LogP contribution in [-0.4, -0.2) is 42.1 Å². The molecule has 0 N–H and O–H groups in total. The Labute approximate surface area is 167 Å². The van der Waals surface area contributed by atoms with Gasteiger partial charge < -0.3 is 14.3 Å². The van der Waals surface area contributed by atoms with E-state index in [0.717, 1.165) is 29.4 Å². The number of carbonyl (C=O) groups is 1. The maximum absolute atomic E-state index is 12.7. The molecule has 2 heterocycles. The number of amides is 1. The number of carbonyl (C=O) groups excluding carboxylic acids is 1. The highest BCUT2D eigenvalue weighted by Gasteiger charge is 2.25. The first kappa shape index (κ1) is 17.9. The van der Waals surface area contributed by atoms with Crippen molar-refractivity contribution in [1.29, 1.82) is 0 Å². The number of hydrogen-bond acceptors (Lipinski definition) is 4. The molecule has 0 bridgehead atoms. The fraction of sp³-hybridized carbons (Fsp3) is 0.200. The molecule has 3 aromatic rings. The summed E-state index contributed by atoms with van der Waals surface area (Å²) >= 11 is 11.8. The highest BCUT2D eigenvalue weighted by Crippen LogP contribution is 2.24. The first-order valence-electron chi connectivity index (χ1n) is 8.62. The number of piperazine rings is 1. The molecular formula is C20H17Cl2N3O2. The Morgan fingerprint density at radius 1 is 0.889 bits per heavy atom. The van der Waals surface area contributed by atoms with Crippen LogP contribution in [0.2, 0.25) is 10.0 Å². The van der Waals surface area contributed by atoms with Gasteiger partial charge in [0.1, 0.15) is 0 Å². The van der Waals surface area contributed by atoms with Gasteiger partial charge in [0.2, 0.25) is 0 Å². The number of halogens is 2. The topological polar surface area (TPSA) is 49.6 Å². The van der Waals surface area contributed by atoms with Crippen LogP contribution in [0.15, 0.2) is 59.1 Å². The van der Waals surface area contributed by atoms with Crippen LogP contribution in [0.1, 0.15) is 10.5 Å². The molecule has 0 saturated carbocycles. The van der Waals surface area contributed by atoms with Gasteiger partial charge in [-0.05, 0) is 48.5 Å². The van der Waals surface area contributed by atoms with Crippen LogP contribution in [0.25, 0.3) is 11.3 Å². The molecule has 1 aliphatic heterocycles. The van der Waals surface area contributed by atoms with Crippen LogP contribution in [0.4, 0.5) is 5.69 Å². The van der Waals surface area contributed by atoms with E-state index in [-0.39, 0.29) is 5.91 Å². The minimum atomic E-state index is -0.116. The van der Waals surface area contributed by atoms with Gasteiger partial charge in [-0.15, -0.1) is 0 Å². The van der Waals surface area contributed by atoms with Gasteiger partial charge in [-0.1, -0.05) is 28.4 Å². The summed E-state index contributed by atoms with van der Waals surface area (Å²) in [5.41, 5.74) is 2.26. The molecule has 0 aliphatic carbocycles. The molecule has 1 fully saturated rings. The molecule has 7 heteroatoms. The highest BCUT2D eigenvalue weighted by molar-refractivity contribution is 6.30. The second-order valence-corrected chi connectivity index (χ2v) is 7.21. The van der Waals surface area contributed by atoms with E-state index < -0.39 is 0 Å². The fourth-order valence-corrected chi connectivity index (χ4v) is 3.36. The van der Waals surface area contributed by atoms with E-state index in [4.69, 9.17) is 27.7 Å². The second kappa shape index (κ2) is 7.62. The summed E-state index contributed by atoms with van der Waals surface area (Å²) in [5, 5.41) is 5.31. The molecule has 1 amide bonds. The van der Waals surface area contributed by atoms with E-state index in [2.05, 4.69) is 10.1 Å². The Hall–Kier alpha value is -2.50. The third-order valence-corrected chi connectivity index (χ3v) is 5.12. The Morgan fingerprint density at radius 3 is 2.11 bits per heavy atom. The molecule has 0 radical (unpaired) electrons. The number of hydrogen-bond donors (Lipinski definition) is 0. The molecule has 4 rings (SSSR count). The van der Waals surface area contributed by atoms with E-state index in [1.165, 1.54) is 0 Å². The van der Waals surface area contributed by atoms with Crippen LogP contribution in [-0.2, 0) is 0 Å². The SMILES string of the molecule is O=C(c1cc(-c2ccc(Cl)cc2)on1)N1CCN(c2ccc(Cl)cc2)CC1. The average Bonchev–Trinajstić information content (AvgIpc) is 3.19. The standard InChI is InChI=1S/C20H17Cl2N3O2/c21-15-3-1-14(2-4-15)19-13-18(23-27-19)20(26)25-11-9-24(10-12-25)17-7-5-16(22)6-8-17/h1-8,13H,9-12H2. The smallest absolute Gasteiger partial charge is 0.276 e. The van der Waals surface area contributed by atoms with E-state index in [1.807, 2.05) is 36.4 Å². The molecule has 5 nitrogen and oxygen atoms in total. The molecule has 138 valence electrons. The number of rotatable bonds is 3. The zero-order chi connectivity index (χ0) is 18.8. The quantitative estimate of drug-likeness (QED) is 0.642. The summed E-state index contributed by atoms with van der Waals surface area (Å²) in [6.07, 6.45) is 0.